The van der Waals surface area contributed by atoms with Crippen molar-refractivity contribution in [2.75, 3.05) is 11.9 Å². The summed E-state index contributed by atoms with van der Waals surface area (Å²) in [5, 5.41) is 10.5. The first-order chi connectivity index (χ1) is 23.2. The lowest BCUT2D eigenvalue weighted by Crippen LogP contribution is -2.32. The van der Waals surface area contributed by atoms with Gasteiger partial charge in [0.25, 0.3) is 0 Å². The van der Waals surface area contributed by atoms with Crippen molar-refractivity contribution in [3.8, 4) is 11.5 Å². The van der Waals surface area contributed by atoms with Gasteiger partial charge in [0, 0.05) is 32.1 Å². The number of esters is 1. The summed E-state index contributed by atoms with van der Waals surface area (Å²) in [5.74, 6) is 1.72. The lowest BCUT2D eigenvalue weighted by Gasteiger charge is -2.30. The number of nitrogens with zero attached hydrogens (tertiary/aromatic N) is 3. The molecule has 3 aromatic carbocycles. The highest BCUT2D eigenvalue weighted by Crippen LogP contribution is 2.44. The Morgan fingerprint density at radius 1 is 1.02 bits per heavy atom. The van der Waals surface area contributed by atoms with Crippen molar-refractivity contribution in [2.24, 2.45) is 0 Å². The van der Waals surface area contributed by atoms with Gasteiger partial charge in [0.2, 0.25) is 11.1 Å². The van der Waals surface area contributed by atoms with Gasteiger partial charge in [-0.1, -0.05) is 77.3 Å². The van der Waals surface area contributed by atoms with Gasteiger partial charge in [-0.3, -0.25) is 0 Å². The molecule has 48 heavy (non-hydrogen) atoms. The first kappa shape index (κ1) is 35.0. The van der Waals surface area contributed by atoms with E-state index in [9.17, 15) is 4.79 Å². The summed E-state index contributed by atoms with van der Waals surface area (Å²) in [6, 6.07) is 16.1. The minimum absolute atomic E-state index is 0.118. The lowest BCUT2D eigenvalue weighted by molar-refractivity contribution is -0.146. The molecule has 1 aliphatic heterocycles. The van der Waals surface area contributed by atoms with Gasteiger partial charge < -0.3 is 19.5 Å². The van der Waals surface area contributed by atoms with E-state index in [-0.39, 0.29) is 18.7 Å². The predicted molar refractivity (Wildman–Crippen MR) is 195 cm³/mol. The third-order valence-corrected chi connectivity index (χ3v) is 10.7. The molecule has 0 saturated heterocycles. The smallest absolute Gasteiger partial charge is 0.338 e. The summed E-state index contributed by atoms with van der Waals surface area (Å²) in [6.45, 7) is 4.35. The second-order valence-corrected chi connectivity index (χ2v) is 14.6. The van der Waals surface area contributed by atoms with Crippen molar-refractivity contribution >= 4 is 74.4 Å². The number of carbonyl (C=O) groups excluding carboxylic acids is 1. The number of ether oxygens (including phenoxy) is 3. The maximum atomic E-state index is 14.0. The Morgan fingerprint density at radius 3 is 2.56 bits per heavy atom. The van der Waals surface area contributed by atoms with E-state index in [2.05, 4.69) is 21.2 Å². The van der Waals surface area contributed by atoms with Gasteiger partial charge in [-0.05, 0) is 96.9 Å². The van der Waals surface area contributed by atoms with Crippen LogP contribution >= 0.6 is 62.5 Å². The third kappa shape index (κ3) is 7.94. The van der Waals surface area contributed by atoms with Gasteiger partial charge in [0.15, 0.2) is 11.5 Å². The van der Waals surface area contributed by atoms with Gasteiger partial charge in [0.1, 0.15) is 18.8 Å². The largest absolute Gasteiger partial charge is 0.490 e. The number of anilines is 1. The molecule has 6 rings (SSSR count). The Labute approximate surface area is 307 Å². The summed E-state index contributed by atoms with van der Waals surface area (Å²) in [7, 11) is 0. The third-order valence-electron chi connectivity index (χ3n) is 8.23. The van der Waals surface area contributed by atoms with E-state index < -0.39 is 6.04 Å². The fourth-order valence-electron chi connectivity index (χ4n) is 5.86. The monoisotopic (exact) mass is 790 g/mol. The van der Waals surface area contributed by atoms with Crippen LogP contribution in [0.1, 0.15) is 68.7 Å². The number of benzene rings is 3. The van der Waals surface area contributed by atoms with Crippen LogP contribution in [-0.2, 0) is 21.9 Å². The molecule has 4 aromatic rings. The molecule has 252 valence electrons. The Hall–Kier alpha value is -2.89. The molecular formula is C35H34BrCl3N4O4S. The van der Waals surface area contributed by atoms with Crippen molar-refractivity contribution in [1.82, 2.24) is 14.8 Å². The Bertz CT molecular complexity index is 1850. The number of hydrogen-bond donors (Lipinski definition) is 1. The van der Waals surface area contributed by atoms with Crippen molar-refractivity contribution in [3.63, 3.8) is 0 Å². The second-order valence-electron chi connectivity index (χ2n) is 11.6. The molecule has 2 heterocycles. The number of nitrogens with one attached hydrogen (secondary N) is 1. The highest BCUT2D eigenvalue weighted by atomic mass is 79.9. The summed E-state index contributed by atoms with van der Waals surface area (Å²) < 4.78 is 20.9. The number of carbonyl (C=O) groups is 1. The van der Waals surface area contributed by atoms with Gasteiger partial charge in [0.05, 0.1) is 16.7 Å². The molecule has 13 heteroatoms. The van der Waals surface area contributed by atoms with Gasteiger partial charge in [-0.25, -0.2) is 9.48 Å². The number of aromatic nitrogens is 3. The van der Waals surface area contributed by atoms with Crippen LogP contribution in [0.2, 0.25) is 15.1 Å². The van der Waals surface area contributed by atoms with E-state index in [1.807, 2.05) is 56.3 Å². The molecule has 1 fully saturated rings. The zero-order valence-electron chi connectivity index (χ0n) is 26.4. The maximum Gasteiger partial charge on any atom is 0.338 e. The van der Waals surface area contributed by atoms with Gasteiger partial charge in [-0.2, -0.15) is 4.98 Å². The van der Waals surface area contributed by atoms with Crippen LogP contribution < -0.4 is 14.8 Å². The fraction of sp³-hybridized carbons (Fsp3) is 0.343. The zero-order valence-corrected chi connectivity index (χ0v) is 31.1. The second kappa shape index (κ2) is 15.8. The van der Waals surface area contributed by atoms with Gasteiger partial charge >= 0.3 is 5.97 Å². The number of thioether (sulfide) groups is 1. The summed E-state index contributed by atoms with van der Waals surface area (Å²) >= 11 is 24.1. The Kier molecular flexibility index (Phi) is 11.5. The molecule has 1 unspecified atom stereocenters. The molecule has 0 amide bonds. The molecule has 1 saturated carbocycles. The van der Waals surface area contributed by atoms with E-state index >= 15 is 0 Å². The summed E-state index contributed by atoms with van der Waals surface area (Å²) in [4.78, 5) is 18.8. The normalized spacial score (nSPS) is 16.3. The number of hydrogen-bond acceptors (Lipinski definition) is 8. The maximum absolute atomic E-state index is 14.0. The lowest BCUT2D eigenvalue weighted by atomic mass is 9.94. The Balaban J connectivity index is 1.36. The van der Waals surface area contributed by atoms with Gasteiger partial charge in [-0.15, -0.1) is 5.10 Å². The molecule has 0 bridgehead atoms. The van der Waals surface area contributed by atoms with Crippen LogP contribution in [0.3, 0.4) is 0 Å². The Morgan fingerprint density at radius 2 is 1.81 bits per heavy atom. The first-order valence-corrected chi connectivity index (χ1v) is 18.7. The van der Waals surface area contributed by atoms with Crippen LogP contribution in [0.4, 0.5) is 5.95 Å². The highest BCUT2D eigenvalue weighted by Gasteiger charge is 2.37. The predicted octanol–water partition coefficient (Wildman–Crippen LogP) is 10.4. The van der Waals surface area contributed by atoms with Crippen LogP contribution in [0.15, 0.2) is 75.5 Å². The molecule has 1 aliphatic carbocycles. The molecular weight excluding hydrogens is 759 g/mol. The van der Waals surface area contributed by atoms with E-state index in [0.29, 0.717) is 65.8 Å². The highest BCUT2D eigenvalue weighted by molar-refractivity contribution is 9.10. The SMILES string of the molecule is CCOc1cc(C2C(C(=O)OC3CCCCC3)=C(C)Nc3nc(SCc4ccccc4Cl)nn32)cc(Br)c1OCc1ccc(Cl)cc1Cl. The number of allylic oxidation sites excluding steroid dienone is 1. The molecule has 1 N–H and O–H groups in total. The van der Waals surface area contributed by atoms with Crippen LogP contribution in [0.25, 0.3) is 0 Å². The van der Waals surface area contributed by atoms with E-state index in [0.717, 1.165) is 48.8 Å². The first-order valence-electron chi connectivity index (χ1n) is 15.8. The number of fused-ring (bicyclic) bond motifs is 1. The zero-order chi connectivity index (χ0) is 33.8. The van der Waals surface area contributed by atoms with Crippen LogP contribution in [0, 0.1) is 0 Å². The van der Waals surface area contributed by atoms with Crippen molar-refractivity contribution in [1.29, 1.82) is 0 Å². The minimum atomic E-state index is -0.658. The molecule has 0 spiro atoms. The van der Waals surface area contributed by atoms with Crippen molar-refractivity contribution in [3.05, 3.63) is 102 Å². The average Bonchev–Trinajstić information content (AvgIpc) is 3.47. The van der Waals surface area contributed by atoms with Crippen molar-refractivity contribution in [2.45, 2.75) is 75.6 Å². The van der Waals surface area contributed by atoms with E-state index in [1.54, 1.807) is 16.8 Å². The minimum Gasteiger partial charge on any atom is -0.490 e. The average molecular weight is 793 g/mol. The molecule has 1 atom stereocenters. The molecule has 2 aliphatic rings. The standard InChI is InChI=1S/C35H34BrCl3N4O4S/c1-3-45-29-16-23(15-26(36)32(29)46-18-21-13-14-24(37)17-28(21)39)31-30(33(44)47-25-10-5-4-6-11-25)20(2)40-34-41-35(42-43(31)34)48-19-22-9-7-8-12-27(22)38/h7-9,12-17,25,31H,3-6,10-11,18-19H2,1-2H3,(H,40,41,42). The van der Waals surface area contributed by atoms with Crippen molar-refractivity contribution < 1.29 is 19.0 Å². The molecule has 0 radical (unpaired) electrons. The van der Waals surface area contributed by atoms with Crippen LogP contribution in [0.5, 0.6) is 11.5 Å². The summed E-state index contributed by atoms with van der Waals surface area (Å²) in [6.07, 6.45) is 4.85. The van der Waals surface area contributed by atoms with E-state index in [1.165, 1.54) is 11.8 Å². The summed E-state index contributed by atoms with van der Waals surface area (Å²) in [5.41, 5.74) is 3.60. The topological polar surface area (TPSA) is 87.5 Å². The molecule has 8 nitrogen and oxygen atoms in total. The molecule has 1 aromatic heterocycles. The number of rotatable bonds is 11. The number of halogens is 4. The van der Waals surface area contributed by atoms with E-state index in [4.69, 9.17) is 59.1 Å². The quantitative estimate of drug-likeness (QED) is 0.119. The fourth-order valence-corrected chi connectivity index (χ4v) is 8.01. The van der Waals surface area contributed by atoms with Crippen LogP contribution in [-0.4, -0.2) is 33.4 Å².